The third kappa shape index (κ3) is 3.57. The Kier molecular flexibility index (Phi) is 5.27. The Morgan fingerprint density at radius 1 is 1.35 bits per heavy atom. The van der Waals surface area contributed by atoms with Crippen molar-refractivity contribution in [1.82, 2.24) is 10.3 Å². The summed E-state index contributed by atoms with van der Waals surface area (Å²) in [5, 5.41) is 5.15. The molecule has 1 aromatic heterocycles. The number of anilines is 2. The minimum Gasteiger partial charge on any atom is -0.493 e. The van der Waals surface area contributed by atoms with Crippen LogP contribution in [0.4, 0.5) is 15.6 Å². The lowest BCUT2D eigenvalue weighted by Gasteiger charge is -2.18. The highest BCUT2D eigenvalue weighted by atomic mass is 32.1. The number of methoxy groups -OCH3 is 2. The van der Waals surface area contributed by atoms with Crippen LogP contribution in [0.1, 0.15) is 5.69 Å². The second-order valence-corrected chi connectivity index (χ2v) is 6.51. The summed E-state index contributed by atoms with van der Waals surface area (Å²) >= 11 is 1.36. The number of urea groups is 1. The van der Waals surface area contributed by atoms with Crippen molar-refractivity contribution in [2.45, 2.75) is 6.42 Å². The number of amides is 3. The normalized spacial score (nSPS) is 13.5. The van der Waals surface area contributed by atoms with E-state index in [-0.39, 0.29) is 18.4 Å². The molecular formula is C17H20N4O4S. The Bertz CT molecular complexity index is 823. The van der Waals surface area contributed by atoms with E-state index in [1.54, 1.807) is 54.6 Å². The van der Waals surface area contributed by atoms with Crippen LogP contribution in [-0.4, -0.2) is 51.3 Å². The number of thiazole rings is 1. The Morgan fingerprint density at radius 3 is 2.77 bits per heavy atom. The molecule has 0 saturated carbocycles. The molecule has 1 saturated heterocycles. The van der Waals surface area contributed by atoms with E-state index in [1.165, 1.54) is 11.3 Å². The first-order chi connectivity index (χ1) is 12.5. The molecule has 3 rings (SSSR count). The van der Waals surface area contributed by atoms with E-state index in [0.717, 1.165) is 0 Å². The number of aromatic nitrogens is 1. The third-order valence-corrected chi connectivity index (χ3v) is 5.00. The van der Waals surface area contributed by atoms with Crippen LogP contribution >= 0.6 is 11.3 Å². The highest BCUT2D eigenvalue weighted by Gasteiger charge is 2.24. The average Bonchev–Trinajstić information content (AvgIpc) is 3.28. The predicted octanol–water partition coefficient (Wildman–Crippen LogP) is 1.90. The van der Waals surface area contributed by atoms with Gasteiger partial charge in [-0.25, -0.2) is 9.78 Å². The number of benzene rings is 1. The zero-order chi connectivity index (χ0) is 18.7. The van der Waals surface area contributed by atoms with E-state index in [4.69, 9.17) is 9.47 Å². The summed E-state index contributed by atoms with van der Waals surface area (Å²) in [6.07, 6.45) is 0.150. The molecule has 1 aromatic carbocycles. The van der Waals surface area contributed by atoms with Gasteiger partial charge in [0.05, 0.1) is 26.3 Å². The number of nitrogens with zero attached hydrogens (tertiary/aromatic N) is 3. The Hall–Kier alpha value is -2.81. The maximum atomic E-state index is 12.6. The van der Waals surface area contributed by atoms with Crippen molar-refractivity contribution in [3.05, 3.63) is 29.3 Å². The fourth-order valence-electron chi connectivity index (χ4n) is 2.61. The SMILES string of the molecule is COc1ccc(N(C)C(=O)Cc2csc(N3CCNC3=O)n2)cc1OC. The fraction of sp³-hybridized carbons (Fsp3) is 0.353. The van der Waals surface area contributed by atoms with Crippen LogP contribution in [0.3, 0.4) is 0 Å². The van der Waals surface area contributed by atoms with Gasteiger partial charge in [-0.3, -0.25) is 9.69 Å². The highest BCUT2D eigenvalue weighted by molar-refractivity contribution is 7.14. The van der Waals surface area contributed by atoms with Crippen molar-refractivity contribution in [3.63, 3.8) is 0 Å². The molecular weight excluding hydrogens is 356 g/mol. The van der Waals surface area contributed by atoms with Gasteiger partial charge in [0.2, 0.25) is 5.91 Å². The van der Waals surface area contributed by atoms with Gasteiger partial charge in [0.15, 0.2) is 16.6 Å². The first-order valence-electron chi connectivity index (χ1n) is 8.02. The molecule has 1 aliphatic rings. The van der Waals surface area contributed by atoms with Gasteiger partial charge in [0, 0.05) is 37.3 Å². The quantitative estimate of drug-likeness (QED) is 0.832. The van der Waals surface area contributed by atoms with Crippen LogP contribution in [0.2, 0.25) is 0 Å². The molecule has 0 bridgehead atoms. The lowest BCUT2D eigenvalue weighted by atomic mass is 10.2. The van der Waals surface area contributed by atoms with E-state index in [2.05, 4.69) is 10.3 Å². The number of carbonyl (C=O) groups excluding carboxylic acids is 2. The molecule has 1 N–H and O–H groups in total. The Labute approximate surface area is 155 Å². The summed E-state index contributed by atoms with van der Waals surface area (Å²) in [7, 11) is 4.81. The molecule has 8 nitrogen and oxygen atoms in total. The lowest BCUT2D eigenvalue weighted by Crippen LogP contribution is -2.28. The van der Waals surface area contributed by atoms with Crippen molar-refractivity contribution in [2.24, 2.45) is 0 Å². The topological polar surface area (TPSA) is 84.0 Å². The number of likely N-dealkylation sites (N-methyl/N-ethyl adjacent to an activating group) is 1. The van der Waals surface area contributed by atoms with Crippen LogP contribution in [0.25, 0.3) is 0 Å². The van der Waals surface area contributed by atoms with Crippen LogP contribution in [0.5, 0.6) is 11.5 Å². The van der Waals surface area contributed by atoms with Gasteiger partial charge in [0.25, 0.3) is 0 Å². The summed E-state index contributed by atoms with van der Waals surface area (Å²) in [6, 6.07) is 5.14. The number of carbonyl (C=O) groups is 2. The molecule has 1 fully saturated rings. The van der Waals surface area contributed by atoms with E-state index < -0.39 is 0 Å². The average molecular weight is 376 g/mol. The molecule has 138 valence electrons. The summed E-state index contributed by atoms with van der Waals surface area (Å²) in [5.74, 6) is 1.05. The van der Waals surface area contributed by atoms with Crippen LogP contribution in [-0.2, 0) is 11.2 Å². The van der Waals surface area contributed by atoms with Gasteiger partial charge in [-0.1, -0.05) is 0 Å². The molecule has 2 aromatic rings. The number of hydrogen-bond donors (Lipinski definition) is 1. The van der Waals surface area contributed by atoms with E-state index in [1.807, 2.05) is 0 Å². The zero-order valence-corrected chi connectivity index (χ0v) is 15.6. The Balaban J connectivity index is 1.70. The Morgan fingerprint density at radius 2 is 2.12 bits per heavy atom. The first kappa shape index (κ1) is 18.0. The molecule has 0 spiro atoms. The smallest absolute Gasteiger partial charge is 0.323 e. The summed E-state index contributed by atoms with van der Waals surface area (Å²) in [5.41, 5.74) is 1.34. The van der Waals surface area contributed by atoms with E-state index in [0.29, 0.717) is 41.1 Å². The summed E-state index contributed by atoms with van der Waals surface area (Å²) in [6.45, 7) is 1.19. The van der Waals surface area contributed by atoms with E-state index >= 15 is 0 Å². The number of nitrogens with one attached hydrogen (secondary N) is 1. The molecule has 1 aliphatic heterocycles. The number of rotatable bonds is 6. The van der Waals surface area contributed by atoms with Crippen molar-refractivity contribution >= 4 is 34.1 Å². The fourth-order valence-corrected chi connectivity index (χ4v) is 3.46. The van der Waals surface area contributed by atoms with Gasteiger partial charge in [0.1, 0.15) is 0 Å². The number of hydrogen-bond acceptors (Lipinski definition) is 6. The van der Waals surface area contributed by atoms with Crippen molar-refractivity contribution in [2.75, 3.05) is 44.2 Å². The minimum atomic E-state index is -0.153. The predicted molar refractivity (Wildman–Crippen MR) is 99.5 cm³/mol. The second kappa shape index (κ2) is 7.61. The first-order valence-corrected chi connectivity index (χ1v) is 8.89. The molecule has 2 heterocycles. The van der Waals surface area contributed by atoms with Crippen molar-refractivity contribution in [3.8, 4) is 11.5 Å². The van der Waals surface area contributed by atoms with Gasteiger partial charge in [-0.05, 0) is 12.1 Å². The molecule has 9 heteroatoms. The van der Waals surface area contributed by atoms with Crippen LogP contribution < -0.4 is 24.6 Å². The lowest BCUT2D eigenvalue weighted by molar-refractivity contribution is -0.117. The van der Waals surface area contributed by atoms with Crippen LogP contribution in [0.15, 0.2) is 23.6 Å². The highest BCUT2D eigenvalue weighted by Crippen LogP contribution is 2.31. The molecule has 0 atom stereocenters. The largest absolute Gasteiger partial charge is 0.493 e. The molecule has 3 amide bonds. The van der Waals surface area contributed by atoms with Gasteiger partial charge in [-0.15, -0.1) is 11.3 Å². The molecule has 26 heavy (non-hydrogen) atoms. The van der Waals surface area contributed by atoms with Crippen molar-refractivity contribution in [1.29, 1.82) is 0 Å². The monoisotopic (exact) mass is 376 g/mol. The van der Waals surface area contributed by atoms with E-state index in [9.17, 15) is 9.59 Å². The van der Waals surface area contributed by atoms with Gasteiger partial charge >= 0.3 is 6.03 Å². The second-order valence-electron chi connectivity index (χ2n) is 5.67. The van der Waals surface area contributed by atoms with Gasteiger partial charge < -0.3 is 19.7 Å². The zero-order valence-electron chi connectivity index (χ0n) is 14.8. The molecule has 0 radical (unpaired) electrons. The standard InChI is InChI=1S/C17H20N4O4S/c1-20(12-4-5-13(24-2)14(9-12)25-3)15(22)8-11-10-26-17(19-11)21-7-6-18-16(21)23/h4-5,9-10H,6-8H2,1-3H3,(H,18,23). The third-order valence-electron chi connectivity index (χ3n) is 4.09. The summed E-state index contributed by atoms with van der Waals surface area (Å²) < 4.78 is 10.5. The maximum Gasteiger partial charge on any atom is 0.323 e. The molecule has 0 aliphatic carbocycles. The van der Waals surface area contributed by atoms with Crippen molar-refractivity contribution < 1.29 is 19.1 Å². The van der Waals surface area contributed by atoms with Crippen LogP contribution in [0, 0.1) is 0 Å². The van der Waals surface area contributed by atoms with Gasteiger partial charge in [-0.2, -0.15) is 0 Å². The minimum absolute atomic E-state index is 0.111. The maximum absolute atomic E-state index is 12.6. The molecule has 0 unspecified atom stereocenters. The summed E-state index contributed by atoms with van der Waals surface area (Å²) in [4.78, 5) is 31.8. The number of ether oxygens (including phenoxy) is 2.